The third-order valence-corrected chi connectivity index (χ3v) is 3.83. The molecule has 0 amide bonds. The van der Waals surface area contributed by atoms with E-state index >= 15 is 0 Å². The molecule has 1 N–H and O–H groups in total. The van der Waals surface area contributed by atoms with Crippen molar-refractivity contribution in [3.8, 4) is 0 Å². The van der Waals surface area contributed by atoms with E-state index in [9.17, 15) is 5.11 Å². The van der Waals surface area contributed by atoms with E-state index < -0.39 is 0 Å². The van der Waals surface area contributed by atoms with Gasteiger partial charge in [0.2, 0.25) is 0 Å². The van der Waals surface area contributed by atoms with Crippen LogP contribution in [0.5, 0.6) is 0 Å². The van der Waals surface area contributed by atoms with Gasteiger partial charge < -0.3 is 5.11 Å². The fourth-order valence-corrected chi connectivity index (χ4v) is 2.67. The van der Waals surface area contributed by atoms with E-state index in [0.717, 1.165) is 25.2 Å². The van der Waals surface area contributed by atoms with Gasteiger partial charge >= 0.3 is 0 Å². The normalized spacial score (nSPS) is 30.9. The lowest BCUT2D eigenvalue weighted by Crippen LogP contribution is -2.33. The fraction of sp³-hybridized carbons (Fsp3) is 0.769. The lowest BCUT2D eigenvalue weighted by atomic mass is 9.78. The molecule has 0 saturated heterocycles. The second kappa shape index (κ2) is 4.58. The second-order valence-corrected chi connectivity index (χ2v) is 5.45. The molecule has 1 aromatic heterocycles. The quantitative estimate of drug-likeness (QED) is 0.835. The van der Waals surface area contributed by atoms with Crippen LogP contribution in [0.4, 0.5) is 0 Å². The molecule has 16 heavy (non-hydrogen) atoms. The number of rotatable bonds is 2. The number of aliphatic hydroxyl groups excluding tert-OH is 1. The first-order valence-corrected chi connectivity index (χ1v) is 6.26. The van der Waals surface area contributed by atoms with E-state index in [2.05, 4.69) is 18.9 Å². The van der Waals surface area contributed by atoms with Gasteiger partial charge in [-0.1, -0.05) is 13.8 Å². The molecule has 0 aromatic carbocycles. The van der Waals surface area contributed by atoms with Crippen molar-refractivity contribution in [3.05, 3.63) is 18.0 Å². The van der Waals surface area contributed by atoms with Gasteiger partial charge in [-0.3, -0.25) is 4.68 Å². The first kappa shape index (κ1) is 11.6. The molecule has 3 heteroatoms. The third kappa shape index (κ3) is 2.29. The Morgan fingerprint density at radius 1 is 1.44 bits per heavy atom. The Morgan fingerprint density at radius 2 is 2.19 bits per heavy atom. The van der Waals surface area contributed by atoms with E-state index in [1.54, 1.807) is 0 Å². The highest BCUT2D eigenvalue weighted by Gasteiger charge is 2.32. The minimum atomic E-state index is -0.228. The van der Waals surface area contributed by atoms with E-state index in [1.165, 1.54) is 5.56 Å². The molecule has 1 aromatic rings. The summed E-state index contributed by atoms with van der Waals surface area (Å²) in [6.07, 6.45) is 6.79. The van der Waals surface area contributed by atoms with Crippen LogP contribution >= 0.6 is 0 Å². The number of aryl methyl sites for hydroxylation is 1. The number of aromatic nitrogens is 2. The average Bonchev–Trinajstić information content (AvgIpc) is 2.65. The maximum Gasteiger partial charge on any atom is 0.0780 e. The Kier molecular flexibility index (Phi) is 3.33. The van der Waals surface area contributed by atoms with Crippen molar-refractivity contribution in [3.63, 3.8) is 0 Å². The average molecular weight is 222 g/mol. The molecule has 0 aliphatic heterocycles. The van der Waals surface area contributed by atoms with E-state index in [-0.39, 0.29) is 12.1 Å². The molecular weight excluding hydrogens is 200 g/mol. The molecule has 1 aliphatic rings. The Balaban J connectivity index is 2.12. The van der Waals surface area contributed by atoms with Gasteiger partial charge in [-0.25, -0.2) is 0 Å². The number of hydrogen-bond acceptors (Lipinski definition) is 2. The summed E-state index contributed by atoms with van der Waals surface area (Å²) in [7, 11) is 0. The van der Waals surface area contributed by atoms with Crippen molar-refractivity contribution in [1.29, 1.82) is 0 Å². The van der Waals surface area contributed by atoms with Crippen LogP contribution < -0.4 is 0 Å². The first-order valence-electron chi connectivity index (χ1n) is 6.26. The zero-order valence-corrected chi connectivity index (χ0v) is 10.4. The SMILES string of the molecule is Cc1cnn(C2CC(C(C)C)CCC2O)c1. The van der Waals surface area contributed by atoms with Crippen LogP contribution in [0.1, 0.15) is 44.7 Å². The Bertz CT molecular complexity index is 345. The van der Waals surface area contributed by atoms with E-state index in [4.69, 9.17) is 0 Å². The minimum Gasteiger partial charge on any atom is -0.391 e. The summed E-state index contributed by atoms with van der Waals surface area (Å²) in [6.45, 7) is 6.58. The molecule has 0 radical (unpaired) electrons. The molecule has 3 nitrogen and oxygen atoms in total. The molecule has 3 unspecified atom stereocenters. The monoisotopic (exact) mass is 222 g/mol. The van der Waals surface area contributed by atoms with E-state index in [1.807, 2.05) is 24.0 Å². The Labute approximate surface area is 97.5 Å². The van der Waals surface area contributed by atoms with Gasteiger partial charge in [-0.15, -0.1) is 0 Å². The van der Waals surface area contributed by atoms with Gasteiger partial charge in [0.15, 0.2) is 0 Å². The summed E-state index contributed by atoms with van der Waals surface area (Å²) in [4.78, 5) is 0. The first-order chi connectivity index (χ1) is 7.58. The maximum absolute atomic E-state index is 10.1. The molecule has 3 atom stereocenters. The zero-order valence-electron chi connectivity index (χ0n) is 10.4. The van der Waals surface area contributed by atoms with Gasteiger partial charge in [0.25, 0.3) is 0 Å². The van der Waals surface area contributed by atoms with Crippen molar-refractivity contribution < 1.29 is 5.11 Å². The van der Waals surface area contributed by atoms with Gasteiger partial charge in [0, 0.05) is 6.20 Å². The molecule has 1 aliphatic carbocycles. The molecule has 1 heterocycles. The summed E-state index contributed by atoms with van der Waals surface area (Å²) in [5.74, 6) is 1.42. The highest BCUT2D eigenvalue weighted by atomic mass is 16.3. The summed E-state index contributed by atoms with van der Waals surface area (Å²) in [5, 5.41) is 14.4. The summed E-state index contributed by atoms with van der Waals surface area (Å²) < 4.78 is 1.95. The van der Waals surface area contributed by atoms with Gasteiger partial charge in [-0.05, 0) is 43.6 Å². The molecule has 0 bridgehead atoms. The van der Waals surface area contributed by atoms with Crippen molar-refractivity contribution in [2.45, 2.75) is 52.2 Å². The predicted molar refractivity (Wildman–Crippen MR) is 64.2 cm³/mol. The summed E-state index contributed by atoms with van der Waals surface area (Å²) in [6, 6.07) is 0.176. The van der Waals surface area contributed by atoms with Crippen LogP contribution in [0, 0.1) is 18.8 Å². The number of aliphatic hydroxyl groups is 1. The van der Waals surface area contributed by atoms with Gasteiger partial charge in [0.1, 0.15) is 0 Å². The second-order valence-electron chi connectivity index (χ2n) is 5.45. The molecule has 0 spiro atoms. The third-order valence-electron chi connectivity index (χ3n) is 3.83. The van der Waals surface area contributed by atoms with Crippen molar-refractivity contribution >= 4 is 0 Å². The van der Waals surface area contributed by atoms with Crippen molar-refractivity contribution in [2.75, 3.05) is 0 Å². The molecular formula is C13H22N2O. The number of nitrogens with zero attached hydrogens (tertiary/aromatic N) is 2. The van der Waals surface area contributed by atoms with Crippen LogP contribution in [-0.2, 0) is 0 Å². The van der Waals surface area contributed by atoms with Gasteiger partial charge in [0.05, 0.1) is 18.3 Å². The Morgan fingerprint density at radius 3 is 2.75 bits per heavy atom. The molecule has 1 saturated carbocycles. The highest BCUT2D eigenvalue weighted by molar-refractivity contribution is 5.01. The van der Waals surface area contributed by atoms with Crippen LogP contribution in [0.25, 0.3) is 0 Å². The van der Waals surface area contributed by atoms with E-state index in [0.29, 0.717) is 5.92 Å². The lowest BCUT2D eigenvalue weighted by Gasteiger charge is -2.35. The topological polar surface area (TPSA) is 38.0 Å². The largest absolute Gasteiger partial charge is 0.391 e. The predicted octanol–water partition coefficient (Wildman–Crippen LogP) is 2.55. The summed E-state index contributed by atoms with van der Waals surface area (Å²) in [5.41, 5.74) is 1.17. The smallest absolute Gasteiger partial charge is 0.0780 e. The molecule has 90 valence electrons. The standard InChI is InChI=1S/C13H22N2O/c1-9(2)11-4-5-13(16)12(6-11)15-8-10(3)7-14-15/h7-9,11-13,16H,4-6H2,1-3H3. The van der Waals surface area contributed by atoms with Crippen LogP contribution in [0.2, 0.25) is 0 Å². The van der Waals surface area contributed by atoms with Crippen LogP contribution in [0.3, 0.4) is 0 Å². The summed E-state index contributed by atoms with van der Waals surface area (Å²) >= 11 is 0. The minimum absolute atomic E-state index is 0.176. The Hall–Kier alpha value is -0.830. The zero-order chi connectivity index (χ0) is 11.7. The highest BCUT2D eigenvalue weighted by Crippen LogP contribution is 2.36. The molecule has 1 fully saturated rings. The van der Waals surface area contributed by atoms with Crippen molar-refractivity contribution in [2.24, 2.45) is 11.8 Å². The maximum atomic E-state index is 10.1. The van der Waals surface area contributed by atoms with Gasteiger partial charge in [-0.2, -0.15) is 5.10 Å². The molecule has 2 rings (SSSR count). The number of hydrogen-bond donors (Lipinski definition) is 1. The fourth-order valence-electron chi connectivity index (χ4n) is 2.67. The van der Waals surface area contributed by atoms with Crippen LogP contribution in [-0.4, -0.2) is 21.0 Å². The van der Waals surface area contributed by atoms with Crippen LogP contribution in [0.15, 0.2) is 12.4 Å². The van der Waals surface area contributed by atoms with Crippen molar-refractivity contribution in [1.82, 2.24) is 9.78 Å². The lowest BCUT2D eigenvalue weighted by molar-refractivity contribution is 0.0382.